The van der Waals surface area contributed by atoms with Crippen molar-refractivity contribution in [2.45, 2.75) is 38.9 Å². The normalized spacial score (nSPS) is 15.4. The molecular weight excluding hydrogens is 160 g/mol. The second-order valence-corrected chi connectivity index (χ2v) is 5.82. The van der Waals surface area contributed by atoms with Crippen molar-refractivity contribution in [3.05, 3.63) is 0 Å². The zero-order valence-electron chi connectivity index (χ0n) is 7.79. The van der Waals surface area contributed by atoms with E-state index >= 15 is 0 Å². The molecule has 0 saturated carbocycles. The van der Waals surface area contributed by atoms with Gasteiger partial charge in [0, 0.05) is 6.26 Å². The van der Waals surface area contributed by atoms with Crippen LogP contribution in [0, 0.1) is 5.92 Å². The highest BCUT2D eigenvalue weighted by molar-refractivity contribution is 7.91. The van der Waals surface area contributed by atoms with E-state index in [1.807, 2.05) is 20.8 Å². The molecule has 0 radical (unpaired) electrons. The van der Waals surface area contributed by atoms with Gasteiger partial charge >= 0.3 is 0 Å². The second-order valence-electron chi connectivity index (χ2n) is 3.49. The molecule has 0 rings (SSSR count). The van der Waals surface area contributed by atoms with Crippen LogP contribution in [0.25, 0.3) is 0 Å². The molecule has 0 N–H and O–H groups in total. The average molecular weight is 178 g/mol. The summed E-state index contributed by atoms with van der Waals surface area (Å²) in [5, 5.41) is -0.137. The van der Waals surface area contributed by atoms with Crippen LogP contribution in [0.1, 0.15) is 33.6 Å². The molecular formula is C8H18O2S. The van der Waals surface area contributed by atoms with Gasteiger partial charge in [0.25, 0.3) is 0 Å². The largest absolute Gasteiger partial charge is 0.229 e. The Morgan fingerprint density at radius 1 is 1.27 bits per heavy atom. The Bertz CT molecular complexity index is 192. The molecule has 1 unspecified atom stereocenters. The maximum absolute atomic E-state index is 11.1. The molecule has 0 amide bonds. The Labute approximate surface area is 69.9 Å². The van der Waals surface area contributed by atoms with Gasteiger partial charge in [-0.1, -0.05) is 20.8 Å². The van der Waals surface area contributed by atoms with Gasteiger partial charge in [0.1, 0.15) is 9.84 Å². The van der Waals surface area contributed by atoms with Crippen LogP contribution in [0.4, 0.5) is 0 Å². The maximum Gasteiger partial charge on any atom is 0.150 e. The Morgan fingerprint density at radius 2 is 1.73 bits per heavy atom. The predicted octanol–water partition coefficient (Wildman–Crippen LogP) is 1.86. The molecule has 0 aromatic heterocycles. The minimum Gasteiger partial charge on any atom is -0.229 e. The van der Waals surface area contributed by atoms with Gasteiger partial charge in [-0.2, -0.15) is 0 Å². The summed E-state index contributed by atoms with van der Waals surface area (Å²) in [5.41, 5.74) is 0. The van der Waals surface area contributed by atoms with E-state index in [1.54, 1.807) is 0 Å². The third-order valence-electron chi connectivity index (χ3n) is 1.80. The molecule has 0 aromatic carbocycles. The summed E-state index contributed by atoms with van der Waals surface area (Å²) in [7, 11) is -2.81. The fraction of sp³-hybridized carbons (Fsp3) is 1.00. The lowest BCUT2D eigenvalue weighted by Crippen LogP contribution is -2.20. The second kappa shape index (κ2) is 4.10. The van der Waals surface area contributed by atoms with Crippen LogP contribution in [0.5, 0.6) is 0 Å². The predicted molar refractivity (Wildman–Crippen MR) is 48.4 cm³/mol. The van der Waals surface area contributed by atoms with E-state index in [9.17, 15) is 8.42 Å². The molecule has 2 nitrogen and oxygen atoms in total. The van der Waals surface area contributed by atoms with E-state index < -0.39 is 9.84 Å². The molecule has 3 heteroatoms. The summed E-state index contributed by atoms with van der Waals surface area (Å²) >= 11 is 0. The van der Waals surface area contributed by atoms with Crippen molar-refractivity contribution >= 4 is 9.84 Å². The molecule has 0 heterocycles. The fourth-order valence-electron chi connectivity index (χ4n) is 1.17. The highest BCUT2D eigenvalue weighted by Crippen LogP contribution is 2.14. The first-order valence-corrected chi connectivity index (χ1v) is 6.02. The lowest BCUT2D eigenvalue weighted by molar-refractivity contribution is 0.521. The Kier molecular flexibility index (Phi) is 4.08. The summed E-state index contributed by atoms with van der Waals surface area (Å²) in [5.74, 6) is 0.467. The van der Waals surface area contributed by atoms with E-state index in [2.05, 4.69) is 0 Å². The van der Waals surface area contributed by atoms with Crippen molar-refractivity contribution in [1.29, 1.82) is 0 Å². The van der Waals surface area contributed by atoms with E-state index in [1.165, 1.54) is 6.26 Å². The van der Waals surface area contributed by atoms with Gasteiger partial charge in [-0.3, -0.25) is 0 Å². The first-order chi connectivity index (χ1) is 4.88. The quantitative estimate of drug-likeness (QED) is 0.658. The lowest BCUT2D eigenvalue weighted by atomic mass is 10.1. The van der Waals surface area contributed by atoms with Gasteiger partial charge in [-0.15, -0.1) is 0 Å². The Hall–Kier alpha value is -0.0500. The summed E-state index contributed by atoms with van der Waals surface area (Å²) < 4.78 is 22.2. The Morgan fingerprint density at radius 3 is 1.82 bits per heavy atom. The minimum atomic E-state index is -2.81. The van der Waals surface area contributed by atoms with Crippen molar-refractivity contribution < 1.29 is 8.42 Å². The smallest absolute Gasteiger partial charge is 0.150 e. The van der Waals surface area contributed by atoms with Gasteiger partial charge in [-0.05, 0) is 18.8 Å². The van der Waals surface area contributed by atoms with Crippen molar-refractivity contribution in [3.63, 3.8) is 0 Å². The molecule has 68 valence electrons. The molecule has 1 atom stereocenters. The van der Waals surface area contributed by atoms with E-state index in [4.69, 9.17) is 0 Å². The summed E-state index contributed by atoms with van der Waals surface area (Å²) in [6, 6.07) is 0. The van der Waals surface area contributed by atoms with Crippen LogP contribution in [0.3, 0.4) is 0 Å². The zero-order chi connectivity index (χ0) is 9.07. The van der Waals surface area contributed by atoms with E-state index in [0.717, 1.165) is 12.8 Å². The highest BCUT2D eigenvalue weighted by Gasteiger charge is 2.18. The first kappa shape index (κ1) is 11.0. The summed E-state index contributed by atoms with van der Waals surface area (Å²) in [6.45, 7) is 6.02. The van der Waals surface area contributed by atoms with Gasteiger partial charge < -0.3 is 0 Å². The SMILES string of the molecule is CCC(CC(C)C)S(C)(=O)=O. The van der Waals surface area contributed by atoms with Crippen LogP contribution in [0.2, 0.25) is 0 Å². The van der Waals surface area contributed by atoms with Crippen LogP contribution >= 0.6 is 0 Å². The first-order valence-electron chi connectivity index (χ1n) is 4.06. The minimum absolute atomic E-state index is 0.137. The van der Waals surface area contributed by atoms with Crippen molar-refractivity contribution in [3.8, 4) is 0 Å². The molecule has 0 saturated heterocycles. The lowest BCUT2D eigenvalue weighted by Gasteiger charge is -2.14. The molecule has 0 spiro atoms. The fourth-order valence-corrected chi connectivity index (χ4v) is 2.51. The number of rotatable bonds is 4. The summed E-state index contributed by atoms with van der Waals surface area (Å²) in [6.07, 6.45) is 2.84. The third kappa shape index (κ3) is 4.40. The molecule has 0 aromatic rings. The number of hydrogen-bond donors (Lipinski definition) is 0. The van der Waals surface area contributed by atoms with Crippen molar-refractivity contribution in [2.75, 3.05) is 6.26 Å². The highest BCUT2D eigenvalue weighted by atomic mass is 32.2. The molecule has 0 aliphatic carbocycles. The number of sulfone groups is 1. The van der Waals surface area contributed by atoms with E-state index in [0.29, 0.717) is 5.92 Å². The van der Waals surface area contributed by atoms with Gasteiger partial charge in [0.05, 0.1) is 5.25 Å². The average Bonchev–Trinajstić information content (AvgIpc) is 1.79. The van der Waals surface area contributed by atoms with E-state index in [-0.39, 0.29) is 5.25 Å². The number of hydrogen-bond acceptors (Lipinski definition) is 2. The van der Waals surface area contributed by atoms with Crippen LogP contribution in [0.15, 0.2) is 0 Å². The van der Waals surface area contributed by atoms with Gasteiger partial charge in [0.15, 0.2) is 0 Å². The van der Waals surface area contributed by atoms with Crippen molar-refractivity contribution in [2.24, 2.45) is 5.92 Å². The van der Waals surface area contributed by atoms with Crippen LogP contribution in [-0.4, -0.2) is 19.9 Å². The maximum atomic E-state index is 11.1. The molecule has 0 aliphatic rings. The molecule has 11 heavy (non-hydrogen) atoms. The van der Waals surface area contributed by atoms with Crippen LogP contribution in [-0.2, 0) is 9.84 Å². The van der Waals surface area contributed by atoms with Gasteiger partial charge in [0.2, 0.25) is 0 Å². The van der Waals surface area contributed by atoms with Crippen molar-refractivity contribution in [1.82, 2.24) is 0 Å². The third-order valence-corrected chi connectivity index (χ3v) is 3.53. The molecule has 0 bridgehead atoms. The zero-order valence-corrected chi connectivity index (χ0v) is 8.61. The van der Waals surface area contributed by atoms with Gasteiger partial charge in [-0.25, -0.2) is 8.42 Å². The Balaban J connectivity index is 4.20. The topological polar surface area (TPSA) is 34.1 Å². The van der Waals surface area contributed by atoms with Crippen LogP contribution < -0.4 is 0 Å². The molecule has 0 fully saturated rings. The monoisotopic (exact) mass is 178 g/mol. The summed E-state index contributed by atoms with van der Waals surface area (Å²) in [4.78, 5) is 0. The standard InChI is InChI=1S/C8H18O2S/c1-5-8(6-7(2)3)11(4,9)10/h7-8H,5-6H2,1-4H3. The molecule has 0 aliphatic heterocycles.